The lowest BCUT2D eigenvalue weighted by Crippen LogP contribution is -2.51. The highest BCUT2D eigenvalue weighted by atomic mass is 32.1. The fourth-order valence-electron chi connectivity index (χ4n) is 3.17. The van der Waals surface area contributed by atoms with Crippen molar-refractivity contribution in [3.63, 3.8) is 0 Å². The molecule has 1 aromatic rings. The number of hydrogen-bond donors (Lipinski definition) is 1. The molecule has 0 saturated heterocycles. The van der Waals surface area contributed by atoms with Crippen LogP contribution in [0.1, 0.15) is 49.8 Å². The lowest BCUT2D eigenvalue weighted by atomic mass is 9.82. The number of nitrogens with two attached hydrogens (primary N) is 1. The molecule has 1 heterocycles. The maximum absolute atomic E-state index is 6.62. The second-order valence-corrected chi connectivity index (χ2v) is 7.17. The van der Waals surface area contributed by atoms with Crippen molar-refractivity contribution in [2.45, 2.75) is 63.1 Å². The highest BCUT2D eigenvalue weighted by Crippen LogP contribution is 2.33. The van der Waals surface area contributed by atoms with Gasteiger partial charge in [0.05, 0.1) is 0 Å². The van der Waals surface area contributed by atoms with Crippen molar-refractivity contribution in [1.29, 1.82) is 0 Å². The van der Waals surface area contributed by atoms with Crippen LogP contribution in [0.3, 0.4) is 0 Å². The predicted octanol–water partition coefficient (Wildman–Crippen LogP) is 3.37. The van der Waals surface area contributed by atoms with Gasteiger partial charge < -0.3 is 5.73 Å². The zero-order valence-electron chi connectivity index (χ0n) is 11.1. The minimum atomic E-state index is 0.0953. The molecule has 2 saturated carbocycles. The van der Waals surface area contributed by atoms with E-state index in [1.165, 1.54) is 49.8 Å². The third-order valence-corrected chi connectivity index (χ3v) is 5.23. The molecule has 0 radical (unpaired) electrons. The summed E-state index contributed by atoms with van der Waals surface area (Å²) in [5.74, 6) is 0. The van der Waals surface area contributed by atoms with E-state index in [2.05, 4.69) is 22.4 Å². The number of rotatable bonds is 5. The molecule has 1 aromatic heterocycles. The van der Waals surface area contributed by atoms with Gasteiger partial charge in [-0.3, -0.25) is 4.90 Å². The third-order valence-electron chi connectivity index (χ3n) is 4.37. The summed E-state index contributed by atoms with van der Waals surface area (Å²) in [5.41, 5.74) is 6.71. The molecule has 2 nitrogen and oxygen atoms in total. The zero-order valence-corrected chi connectivity index (χ0v) is 11.9. The van der Waals surface area contributed by atoms with Crippen LogP contribution in [0.4, 0.5) is 0 Å². The van der Waals surface area contributed by atoms with Gasteiger partial charge in [0.2, 0.25) is 0 Å². The van der Waals surface area contributed by atoms with E-state index in [1.807, 2.05) is 11.3 Å². The van der Waals surface area contributed by atoms with Crippen LogP contribution < -0.4 is 5.73 Å². The Kier molecular flexibility index (Phi) is 3.73. The highest BCUT2D eigenvalue weighted by Gasteiger charge is 2.36. The van der Waals surface area contributed by atoms with Crippen LogP contribution in [0.2, 0.25) is 0 Å². The van der Waals surface area contributed by atoms with Crippen LogP contribution in [0.25, 0.3) is 0 Å². The molecule has 3 rings (SSSR count). The van der Waals surface area contributed by atoms with Crippen LogP contribution in [0, 0.1) is 0 Å². The van der Waals surface area contributed by atoms with Crippen LogP contribution in [0.5, 0.6) is 0 Å². The summed E-state index contributed by atoms with van der Waals surface area (Å²) in [6.07, 6.45) is 9.24. The Morgan fingerprint density at radius 1 is 1.28 bits per heavy atom. The standard InChI is InChI=1S/C15H24N2S/c16-15(8-2-1-3-9-15)12-17(13-6-7-13)11-14-5-4-10-18-14/h4-5,10,13H,1-3,6-9,11-12,16H2. The van der Waals surface area contributed by atoms with Crippen molar-refractivity contribution < 1.29 is 0 Å². The second kappa shape index (κ2) is 5.32. The fraction of sp³-hybridized carbons (Fsp3) is 0.733. The Labute approximate surface area is 114 Å². The lowest BCUT2D eigenvalue weighted by Gasteiger charge is -2.38. The van der Waals surface area contributed by atoms with Crippen LogP contribution in [0.15, 0.2) is 17.5 Å². The van der Waals surface area contributed by atoms with Gasteiger partial charge in [-0.25, -0.2) is 0 Å². The van der Waals surface area contributed by atoms with Crippen molar-refractivity contribution in [2.75, 3.05) is 6.54 Å². The van der Waals surface area contributed by atoms with Gasteiger partial charge in [0.1, 0.15) is 0 Å². The SMILES string of the molecule is NC1(CN(Cc2cccs2)C2CC2)CCCCC1. The average Bonchev–Trinajstić information content (AvgIpc) is 3.09. The molecule has 0 aromatic carbocycles. The summed E-state index contributed by atoms with van der Waals surface area (Å²) in [6.45, 7) is 2.22. The largest absolute Gasteiger partial charge is 0.324 e. The summed E-state index contributed by atoms with van der Waals surface area (Å²) >= 11 is 1.87. The van der Waals surface area contributed by atoms with Gasteiger partial charge in [-0.2, -0.15) is 0 Å². The first-order valence-electron chi connectivity index (χ1n) is 7.31. The maximum Gasteiger partial charge on any atom is 0.0331 e. The van der Waals surface area contributed by atoms with Gasteiger partial charge in [-0.15, -0.1) is 11.3 Å². The van der Waals surface area contributed by atoms with E-state index >= 15 is 0 Å². The molecule has 2 aliphatic carbocycles. The normalized spacial score (nSPS) is 23.4. The molecule has 0 atom stereocenters. The number of hydrogen-bond acceptors (Lipinski definition) is 3. The molecule has 2 N–H and O–H groups in total. The van der Waals surface area contributed by atoms with Crippen molar-refractivity contribution in [3.8, 4) is 0 Å². The first-order valence-corrected chi connectivity index (χ1v) is 8.18. The Balaban J connectivity index is 1.62. The fourth-order valence-corrected chi connectivity index (χ4v) is 3.90. The summed E-state index contributed by atoms with van der Waals surface area (Å²) in [5, 5.41) is 2.18. The number of nitrogens with zero attached hydrogens (tertiary/aromatic N) is 1. The minimum absolute atomic E-state index is 0.0953. The van der Waals surface area contributed by atoms with E-state index in [0.717, 1.165) is 19.1 Å². The van der Waals surface area contributed by atoms with Gasteiger partial charge in [0.25, 0.3) is 0 Å². The Bertz CT molecular complexity index is 364. The quantitative estimate of drug-likeness (QED) is 0.883. The van der Waals surface area contributed by atoms with E-state index in [0.29, 0.717) is 0 Å². The van der Waals surface area contributed by atoms with Crippen LogP contribution in [-0.4, -0.2) is 23.0 Å². The summed E-state index contributed by atoms with van der Waals surface area (Å²) < 4.78 is 0. The molecule has 100 valence electrons. The Morgan fingerprint density at radius 3 is 2.67 bits per heavy atom. The number of thiophene rings is 1. The maximum atomic E-state index is 6.62. The van der Waals surface area contributed by atoms with Crippen molar-refractivity contribution in [3.05, 3.63) is 22.4 Å². The molecule has 2 fully saturated rings. The van der Waals surface area contributed by atoms with Gasteiger partial charge >= 0.3 is 0 Å². The predicted molar refractivity (Wildman–Crippen MR) is 77.8 cm³/mol. The van der Waals surface area contributed by atoms with E-state index in [9.17, 15) is 0 Å². The second-order valence-electron chi connectivity index (χ2n) is 6.14. The molecule has 3 heteroatoms. The molecule has 18 heavy (non-hydrogen) atoms. The van der Waals surface area contributed by atoms with Gasteiger partial charge in [-0.05, 0) is 37.1 Å². The van der Waals surface area contributed by atoms with Crippen molar-refractivity contribution in [1.82, 2.24) is 4.90 Å². The van der Waals surface area contributed by atoms with E-state index in [4.69, 9.17) is 5.73 Å². The molecule has 0 bridgehead atoms. The molecule has 0 spiro atoms. The zero-order chi connectivity index (χ0) is 12.4. The Morgan fingerprint density at radius 2 is 2.06 bits per heavy atom. The highest BCUT2D eigenvalue weighted by molar-refractivity contribution is 7.09. The summed E-state index contributed by atoms with van der Waals surface area (Å²) in [4.78, 5) is 4.14. The van der Waals surface area contributed by atoms with Gasteiger partial charge in [0.15, 0.2) is 0 Å². The van der Waals surface area contributed by atoms with E-state index in [1.54, 1.807) is 0 Å². The van der Waals surface area contributed by atoms with Crippen LogP contribution in [-0.2, 0) is 6.54 Å². The van der Waals surface area contributed by atoms with Crippen LogP contribution >= 0.6 is 11.3 Å². The Hall–Kier alpha value is -0.380. The van der Waals surface area contributed by atoms with Gasteiger partial charge in [0, 0.05) is 29.5 Å². The third kappa shape index (κ3) is 3.14. The molecular formula is C15H24N2S. The van der Waals surface area contributed by atoms with E-state index in [-0.39, 0.29) is 5.54 Å². The summed E-state index contributed by atoms with van der Waals surface area (Å²) in [7, 11) is 0. The summed E-state index contributed by atoms with van der Waals surface area (Å²) in [6, 6.07) is 5.23. The van der Waals surface area contributed by atoms with Gasteiger partial charge in [-0.1, -0.05) is 25.3 Å². The minimum Gasteiger partial charge on any atom is -0.324 e. The average molecular weight is 264 g/mol. The molecule has 0 aliphatic heterocycles. The topological polar surface area (TPSA) is 29.3 Å². The smallest absolute Gasteiger partial charge is 0.0331 e. The van der Waals surface area contributed by atoms with E-state index < -0.39 is 0 Å². The molecule has 2 aliphatic rings. The van der Waals surface area contributed by atoms with Crippen molar-refractivity contribution in [2.24, 2.45) is 5.73 Å². The molecular weight excluding hydrogens is 240 g/mol. The molecule has 0 amide bonds. The first kappa shape index (κ1) is 12.6. The monoisotopic (exact) mass is 264 g/mol. The van der Waals surface area contributed by atoms with Crippen molar-refractivity contribution >= 4 is 11.3 Å². The lowest BCUT2D eigenvalue weighted by molar-refractivity contribution is 0.160. The first-order chi connectivity index (χ1) is 8.75. The molecule has 0 unspecified atom stereocenters.